The van der Waals surface area contributed by atoms with Crippen molar-refractivity contribution in [3.05, 3.63) is 0 Å². The van der Waals surface area contributed by atoms with Crippen molar-refractivity contribution in [2.75, 3.05) is 45.9 Å². The maximum atomic E-state index is 5.36. The van der Waals surface area contributed by atoms with Gasteiger partial charge < -0.3 is 14.5 Å². The summed E-state index contributed by atoms with van der Waals surface area (Å²) in [5, 5.41) is 0. The van der Waals surface area contributed by atoms with Crippen LogP contribution in [0.5, 0.6) is 0 Å². The van der Waals surface area contributed by atoms with E-state index in [1.807, 2.05) is 0 Å². The molecule has 3 aliphatic heterocycles. The number of fused-ring (bicyclic) bond motifs is 1. The van der Waals surface area contributed by atoms with Crippen molar-refractivity contribution < 1.29 is 4.74 Å². The van der Waals surface area contributed by atoms with Crippen LogP contribution in [-0.2, 0) is 4.74 Å². The Kier molecular flexibility index (Phi) is 2.96. The molecule has 17 heavy (non-hydrogen) atoms. The minimum atomic E-state index is 0.455. The third-order valence-corrected chi connectivity index (χ3v) is 4.83. The molecule has 0 aromatic carbocycles. The van der Waals surface area contributed by atoms with Gasteiger partial charge in [0.05, 0.1) is 13.2 Å². The van der Waals surface area contributed by atoms with Crippen molar-refractivity contribution in [3.63, 3.8) is 0 Å². The van der Waals surface area contributed by atoms with E-state index in [2.05, 4.69) is 30.6 Å². The smallest absolute Gasteiger partial charge is 0.0554 e. The Morgan fingerprint density at radius 2 is 1.71 bits per heavy atom. The zero-order chi connectivity index (χ0) is 12.0. The number of hydrogen-bond donors (Lipinski definition) is 0. The summed E-state index contributed by atoms with van der Waals surface area (Å²) < 4.78 is 5.36. The first-order chi connectivity index (χ1) is 8.06. The van der Waals surface area contributed by atoms with Crippen LogP contribution in [0, 0.1) is 17.3 Å². The van der Waals surface area contributed by atoms with Gasteiger partial charge in [-0.1, -0.05) is 6.92 Å². The molecule has 0 aliphatic carbocycles. The average Bonchev–Trinajstić information content (AvgIpc) is 2.72. The Bertz CT molecular complexity index is 274. The van der Waals surface area contributed by atoms with Crippen molar-refractivity contribution in [3.8, 4) is 0 Å². The molecule has 3 rings (SSSR count). The van der Waals surface area contributed by atoms with E-state index in [1.165, 1.54) is 32.7 Å². The Hall–Kier alpha value is -0.120. The van der Waals surface area contributed by atoms with Gasteiger partial charge in [-0.3, -0.25) is 0 Å². The van der Waals surface area contributed by atoms with Crippen molar-refractivity contribution in [1.29, 1.82) is 0 Å². The van der Waals surface area contributed by atoms with E-state index in [0.29, 0.717) is 5.41 Å². The van der Waals surface area contributed by atoms with Gasteiger partial charge in [0.1, 0.15) is 0 Å². The monoisotopic (exact) mass is 238 g/mol. The minimum absolute atomic E-state index is 0.455. The van der Waals surface area contributed by atoms with Crippen LogP contribution >= 0.6 is 0 Å². The Labute approximate surface area is 105 Å². The molecule has 3 saturated heterocycles. The van der Waals surface area contributed by atoms with Gasteiger partial charge >= 0.3 is 0 Å². The predicted octanol–water partition coefficient (Wildman–Crippen LogP) is 1.29. The number of hydrogen-bond acceptors (Lipinski definition) is 3. The van der Waals surface area contributed by atoms with Gasteiger partial charge in [0.25, 0.3) is 0 Å². The fourth-order valence-corrected chi connectivity index (χ4v) is 3.76. The first kappa shape index (κ1) is 11.9. The van der Waals surface area contributed by atoms with Crippen LogP contribution in [0.4, 0.5) is 0 Å². The molecular weight excluding hydrogens is 212 g/mol. The lowest BCUT2D eigenvalue weighted by atomic mass is 9.88. The molecule has 3 nitrogen and oxygen atoms in total. The molecule has 0 aromatic rings. The van der Waals surface area contributed by atoms with Gasteiger partial charge in [0.2, 0.25) is 0 Å². The molecule has 0 amide bonds. The standard InChI is InChI=1S/C14H26N2O/c1-11(2)16-6-12-4-15(5-13(12)7-16)8-14(3)9-17-10-14/h11-13H,4-10H2,1-3H3/t12-,13+. The SMILES string of the molecule is CC(C)N1C[C@H]2CN(CC3(C)COC3)C[C@H]2C1. The zero-order valence-corrected chi connectivity index (χ0v) is 11.5. The lowest BCUT2D eigenvalue weighted by molar-refractivity contribution is -0.113. The molecule has 3 heteroatoms. The summed E-state index contributed by atoms with van der Waals surface area (Å²) in [6, 6.07) is 0.728. The number of rotatable bonds is 3. The highest BCUT2D eigenvalue weighted by atomic mass is 16.5. The summed E-state index contributed by atoms with van der Waals surface area (Å²) in [5.74, 6) is 1.86. The molecule has 98 valence electrons. The maximum Gasteiger partial charge on any atom is 0.0554 e. The molecule has 0 spiro atoms. The highest BCUT2D eigenvalue weighted by molar-refractivity contribution is 4.96. The topological polar surface area (TPSA) is 15.7 Å². The van der Waals surface area contributed by atoms with Crippen LogP contribution in [0.15, 0.2) is 0 Å². The van der Waals surface area contributed by atoms with Gasteiger partial charge in [-0.2, -0.15) is 0 Å². The summed E-state index contributed by atoms with van der Waals surface area (Å²) in [6.45, 7) is 15.5. The van der Waals surface area contributed by atoms with E-state index >= 15 is 0 Å². The summed E-state index contributed by atoms with van der Waals surface area (Å²) >= 11 is 0. The highest BCUT2D eigenvalue weighted by Crippen LogP contribution is 2.35. The number of nitrogens with zero attached hydrogens (tertiary/aromatic N) is 2. The average molecular weight is 238 g/mol. The lowest BCUT2D eigenvalue weighted by Gasteiger charge is -2.41. The number of ether oxygens (including phenoxy) is 1. The minimum Gasteiger partial charge on any atom is -0.380 e. The van der Waals surface area contributed by atoms with Crippen molar-refractivity contribution in [2.24, 2.45) is 17.3 Å². The molecule has 0 aromatic heterocycles. The summed E-state index contributed by atoms with van der Waals surface area (Å²) in [4.78, 5) is 5.34. The number of likely N-dealkylation sites (tertiary alicyclic amines) is 2. The van der Waals surface area contributed by atoms with E-state index in [4.69, 9.17) is 4.74 Å². The lowest BCUT2D eigenvalue weighted by Crippen LogP contribution is -2.48. The summed E-state index contributed by atoms with van der Waals surface area (Å²) in [6.07, 6.45) is 0. The zero-order valence-electron chi connectivity index (χ0n) is 11.5. The second-order valence-electron chi connectivity index (χ2n) is 7.07. The molecule has 0 unspecified atom stereocenters. The molecule has 0 radical (unpaired) electrons. The first-order valence-corrected chi connectivity index (χ1v) is 7.10. The molecule has 0 bridgehead atoms. The Balaban J connectivity index is 1.52. The molecule has 3 aliphatic rings. The third kappa shape index (κ3) is 2.25. The second kappa shape index (κ2) is 4.22. The fourth-order valence-electron chi connectivity index (χ4n) is 3.76. The molecule has 0 saturated carbocycles. The largest absolute Gasteiger partial charge is 0.380 e. The fraction of sp³-hybridized carbons (Fsp3) is 1.00. The predicted molar refractivity (Wildman–Crippen MR) is 69.1 cm³/mol. The normalized spacial score (nSPS) is 37.4. The van der Waals surface area contributed by atoms with Gasteiger partial charge in [-0.15, -0.1) is 0 Å². The molecule has 0 N–H and O–H groups in total. The van der Waals surface area contributed by atoms with Gasteiger partial charge in [0, 0.05) is 44.2 Å². The second-order valence-corrected chi connectivity index (χ2v) is 7.07. The Morgan fingerprint density at radius 3 is 2.12 bits per heavy atom. The molecule has 2 atom stereocenters. The molecule has 3 heterocycles. The van der Waals surface area contributed by atoms with E-state index in [1.54, 1.807) is 0 Å². The van der Waals surface area contributed by atoms with Gasteiger partial charge in [-0.05, 0) is 25.7 Å². The maximum absolute atomic E-state index is 5.36. The van der Waals surface area contributed by atoms with E-state index < -0.39 is 0 Å². The van der Waals surface area contributed by atoms with Crippen molar-refractivity contribution >= 4 is 0 Å². The first-order valence-electron chi connectivity index (χ1n) is 7.10. The van der Waals surface area contributed by atoms with Crippen LogP contribution in [-0.4, -0.2) is 61.8 Å². The van der Waals surface area contributed by atoms with Crippen LogP contribution in [0.1, 0.15) is 20.8 Å². The van der Waals surface area contributed by atoms with E-state index in [9.17, 15) is 0 Å². The quantitative estimate of drug-likeness (QED) is 0.737. The van der Waals surface area contributed by atoms with Crippen molar-refractivity contribution in [1.82, 2.24) is 9.80 Å². The molecular formula is C14H26N2O. The summed E-state index contributed by atoms with van der Waals surface area (Å²) in [7, 11) is 0. The van der Waals surface area contributed by atoms with Crippen LogP contribution in [0.3, 0.4) is 0 Å². The Morgan fingerprint density at radius 1 is 1.12 bits per heavy atom. The van der Waals surface area contributed by atoms with Crippen LogP contribution < -0.4 is 0 Å². The third-order valence-electron chi connectivity index (χ3n) is 4.83. The summed E-state index contributed by atoms with van der Waals surface area (Å²) in [5.41, 5.74) is 0.455. The van der Waals surface area contributed by atoms with Crippen molar-refractivity contribution in [2.45, 2.75) is 26.8 Å². The van der Waals surface area contributed by atoms with E-state index in [0.717, 1.165) is 31.1 Å². The van der Waals surface area contributed by atoms with Crippen LogP contribution in [0.2, 0.25) is 0 Å². The van der Waals surface area contributed by atoms with Gasteiger partial charge in [-0.25, -0.2) is 0 Å². The van der Waals surface area contributed by atoms with Crippen LogP contribution in [0.25, 0.3) is 0 Å². The highest BCUT2D eigenvalue weighted by Gasteiger charge is 2.43. The van der Waals surface area contributed by atoms with E-state index in [-0.39, 0.29) is 0 Å². The van der Waals surface area contributed by atoms with Gasteiger partial charge in [0.15, 0.2) is 0 Å². The molecule has 3 fully saturated rings.